The fourth-order valence-corrected chi connectivity index (χ4v) is 4.39. The summed E-state index contributed by atoms with van der Waals surface area (Å²) in [5.41, 5.74) is 0.361. The monoisotopic (exact) mass is 480 g/mol. The first-order chi connectivity index (χ1) is 12.2. The minimum absolute atomic E-state index is 0. The predicted octanol–water partition coefficient (Wildman–Crippen LogP) is 3.63. The van der Waals surface area contributed by atoms with Crippen LogP contribution >= 0.6 is 24.0 Å². The molecule has 1 saturated heterocycles. The minimum atomic E-state index is 0. The van der Waals surface area contributed by atoms with E-state index >= 15 is 0 Å². The van der Waals surface area contributed by atoms with Gasteiger partial charge in [-0.15, -0.1) is 24.0 Å². The maximum absolute atomic E-state index is 5.63. The van der Waals surface area contributed by atoms with Crippen LogP contribution in [0.3, 0.4) is 0 Å². The van der Waals surface area contributed by atoms with Crippen LogP contribution in [0.4, 0.5) is 0 Å². The molecule has 0 aromatic heterocycles. The van der Waals surface area contributed by atoms with Gasteiger partial charge in [-0.2, -0.15) is 0 Å². The Bertz CT molecular complexity index is 399. The maximum atomic E-state index is 5.63. The summed E-state index contributed by atoms with van der Waals surface area (Å²) < 4.78 is 5.63. The van der Waals surface area contributed by atoms with Crippen molar-refractivity contribution < 1.29 is 4.74 Å². The first-order valence-electron chi connectivity index (χ1n) is 10.6. The van der Waals surface area contributed by atoms with Crippen LogP contribution in [0.2, 0.25) is 0 Å². The van der Waals surface area contributed by atoms with Crippen molar-refractivity contribution >= 4 is 29.9 Å². The molecule has 5 nitrogen and oxygen atoms in total. The topological polar surface area (TPSA) is 48.9 Å². The van der Waals surface area contributed by atoms with Crippen molar-refractivity contribution in [2.24, 2.45) is 10.4 Å². The van der Waals surface area contributed by atoms with Crippen LogP contribution in [0.5, 0.6) is 0 Å². The highest BCUT2D eigenvalue weighted by Gasteiger charge is 2.33. The molecule has 154 valence electrons. The van der Waals surface area contributed by atoms with Crippen LogP contribution in [-0.4, -0.2) is 62.8 Å². The second-order valence-electron chi connectivity index (χ2n) is 7.65. The third-order valence-corrected chi connectivity index (χ3v) is 5.97. The van der Waals surface area contributed by atoms with Crippen LogP contribution in [0, 0.1) is 5.41 Å². The predicted molar refractivity (Wildman–Crippen MR) is 122 cm³/mol. The molecule has 6 heteroatoms. The number of likely N-dealkylation sites (N-methyl/N-ethyl adjacent to an activating group) is 1. The Morgan fingerprint density at radius 1 is 1.15 bits per heavy atom. The Labute approximate surface area is 178 Å². The number of likely N-dealkylation sites (tertiary alicyclic amines) is 1. The number of ether oxygens (including phenoxy) is 1. The van der Waals surface area contributed by atoms with Crippen LogP contribution < -0.4 is 10.6 Å². The van der Waals surface area contributed by atoms with Crippen molar-refractivity contribution in [3.8, 4) is 0 Å². The van der Waals surface area contributed by atoms with Gasteiger partial charge in [-0.05, 0) is 64.5 Å². The highest BCUT2D eigenvalue weighted by atomic mass is 127. The van der Waals surface area contributed by atoms with Gasteiger partial charge < -0.3 is 15.4 Å². The Morgan fingerprint density at radius 3 is 2.58 bits per heavy atom. The van der Waals surface area contributed by atoms with E-state index in [-0.39, 0.29) is 24.0 Å². The van der Waals surface area contributed by atoms with E-state index in [1.54, 1.807) is 0 Å². The van der Waals surface area contributed by atoms with E-state index in [1.807, 2.05) is 0 Å². The van der Waals surface area contributed by atoms with Gasteiger partial charge in [-0.3, -0.25) is 9.89 Å². The third kappa shape index (κ3) is 7.50. The lowest BCUT2D eigenvalue weighted by atomic mass is 9.83. The van der Waals surface area contributed by atoms with E-state index in [2.05, 4.69) is 36.3 Å². The van der Waals surface area contributed by atoms with Crippen molar-refractivity contribution in [1.82, 2.24) is 15.5 Å². The van der Waals surface area contributed by atoms with Gasteiger partial charge in [0.1, 0.15) is 0 Å². The smallest absolute Gasteiger partial charge is 0.191 e. The molecular weight excluding hydrogens is 439 g/mol. The van der Waals surface area contributed by atoms with Crippen molar-refractivity contribution in [3.63, 3.8) is 0 Å². The first-order valence-corrected chi connectivity index (χ1v) is 10.6. The molecule has 0 aromatic rings. The third-order valence-electron chi connectivity index (χ3n) is 5.97. The Hall–Kier alpha value is -0.0800. The van der Waals surface area contributed by atoms with Crippen LogP contribution in [0.1, 0.15) is 65.7 Å². The molecule has 1 heterocycles. The molecule has 1 aliphatic heterocycles. The van der Waals surface area contributed by atoms with Crippen molar-refractivity contribution in [1.29, 1.82) is 0 Å². The number of rotatable bonds is 10. The van der Waals surface area contributed by atoms with Crippen LogP contribution in [-0.2, 0) is 4.74 Å². The lowest BCUT2D eigenvalue weighted by Crippen LogP contribution is -2.45. The van der Waals surface area contributed by atoms with Crippen molar-refractivity contribution in [2.45, 2.75) is 71.8 Å². The van der Waals surface area contributed by atoms with Gasteiger partial charge in [-0.25, -0.2) is 0 Å². The van der Waals surface area contributed by atoms with E-state index < -0.39 is 0 Å². The molecule has 0 aromatic carbocycles. The minimum Gasteiger partial charge on any atom is -0.382 e. The van der Waals surface area contributed by atoms with Gasteiger partial charge >= 0.3 is 0 Å². The molecule has 1 saturated carbocycles. The summed E-state index contributed by atoms with van der Waals surface area (Å²) in [5.74, 6) is 0.994. The summed E-state index contributed by atoms with van der Waals surface area (Å²) in [4.78, 5) is 7.56. The van der Waals surface area contributed by atoms with E-state index in [1.165, 1.54) is 45.1 Å². The molecule has 0 radical (unpaired) electrons. The zero-order valence-electron chi connectivity index (χ0n) is 17.2. The molecule has 2 rings (SSSR count). The van der Waals surface area contributed by atoms with Gasteiger partial charge in [0.05, 0.1) is 0 Å². The molecule has 1 aliphatic carbocycles. The molecule has 2 aliphatic rings. The standard InChI is InChI=1S/C20H40N4O.HI/c1-4-21-19(22-16-18-10-9-14-24(18)5-2)23-17-20(11-7-8-12-20)13-15-25-6-3;/h18H,4-17H2,1-3H3,(H2,21,22,23);1H. The van der Waals surface area contributed by atoms with Gasteiger partial charge in [0.25, 0.3) is 0 Å². The molecular formula is C20H41IN4O. The second-order valence-corrected chi connectivity index (χ2v) is 7.65. The average Bonchev–Trinajstić information content (AvgIpc) is 3.27. The average molecular weight is 480 g/mol. The number of hydrogen-bond donors (Lipinski definition) is 2. The van der Waals surface area contributed by atoms with Gasteiger partial charge in [-0.1, -0.05) is 19.8 Å². The molecule has 26 heavy (non-hydrogen) atoms. The Balaban J connectivity index is 0.00000338. The van der Waals surface area contributed by atoms with Gasteiger partial charge in [0.15, 0.2) is 5.96 Å². The molecule has 1 unspecified atom stereocenters. The molecule has 1 atom stereocenters. The van der Waals surface area contributed by atoms with E-state index in [4.69, 9.17) is 9.73 Å². The van der Waals surface area contributed by atoms with Gasteiger partial charge in [0.2, 0.25) is 0 Å². The molecule has 0 spiro atoms. The molecule has 0 bridgehead atoms. The van der Waals surface area contributed by atoms with Crippen molar-refractivity contribution in [2.75, 3.05) is 45.9 Å². The summed E-state index contributed by atoms with van der Waals surface area (Å²) in [6.45, 7) is 13.4. The fourth-order valence-electron chi connectivity index (χ4n) is 4.39. The summed E-state index contributed by atoms with van der Waals surface area (Å²) in [5, 5.41) is 7.04. The second kappa shape index (κ2) is 13.2. The van der Waals surface area contributed by atoms with Crippen LogP contribution in [0.15, 0.2) is 4.99 Å². The lowest BCUT2D eigenvalue weighted by molar-refractivity contribution is 0.107. The number of halogens is 1. The summed E-state index contributed by atoms with van der Waals surface area (Å²) in [7, 11) is 0. The number of nitrogens with one attached hydrogen (secondary N) is 2. The maximum Gasteiger partial charge on any atom is 0.191 e. The normalized spacial score (nSPS) is 23.0. The Morgan fingerprint density at radius 2 is 1.92 bits per heavy atom. The van der Waals surface area contributed by atoms with Crippen molar-refractivity contribution in [3.05, 3.63) is 0 Å². The van der Waals surface area contributed by atoms with E-state index in [9.17, 15) is 0 Å². The zero-order chi connectivity index (χ0) is 18.0. The zero-order valence-corrected chi connectivity index (χ0v) is 19.5. The first kappa shape index (κ1) is 24.0. The highest BCUT2D eigenvalue weighted by Crippen LogP contribution is 2.41. The summed E-state index contributed by atoms with van der Waals surface area (Å²) >= 11 is 0. The fraction of sp³-hybridized carbons (Fsp3) is 0.950. The van der Waals surface area contributed by atoms with E-state index in [0.717, 1.165) is 51.8 Å². The number of hydrogen-bond acceptors (Lipinski definition) is 3. The molecule has 0 amide bonds. The number of aliphatic imine (C=N–C) groups is 1. The van der Waals surface area contributed by atoms with E-state index in [0.29, 0.717) is 11.5 Å². The molecule has 2 N–H and O–H groups in total. The lowest BCUT2D eigenvalue weighted by Gasteiger charge is -2.28. The molecule has 2 fully saturated rings. The van der Waals surface area contributed by atoms with Gasteiger partial charge in [0, 0.05) is 38.9 Å². The Kier molecular flexibility index (Phi) is 12.1. The SMILES string of the molecule is CCNC(=NCC1(CCOCC)CCCC1)NCC1CCCN1CC.I. The largest absolute Gasteiger partial charge is 0.382 e. The number of nitrogens with zero attached hydrogens (tertiary/aromatic N) is 2. The quantitative estimate of drug-likeness (QED) is 0.217. The summed E-state index contributed by atoms with van der Waals surface area (Å²) in [6, 6.07) is 0.659. The number of guanidine groups is 1. The summed E-state index contributed by atoms with van der Waals surface area (Å²) in [6.07, 6.45) is 9.08. The highest BCUT2D eigenvalue weighted by molar-refractivity contribution is 14.0. The van der Waals surface area contributed by atoms with Crippen LogP contribution in [0.25, 0.3) is 0 Å².